The number of halogens is 1. The average Bonchev–Trinajstić information content (AvgIpc) is 2.43. The molecule has 1 aromatic rings. The molecule has 1 saturated heterocycles. The number of nitrogens with zero attached hydrogens (tertiary/aromatic N) is 2. The molecule has 0 saturated carbocycles. The van der Waals surface area contributed by atoms with Crippen molar-refractivity contribution in [3.05, 3.63) is 29.0 Å². The summed E-state index contributed by atoms with van der Waals surface area (Å²) in [6.45, 7) is 4.28. The van der Waals surface area contributed by atoms with E-state index in [1.807, 2.05) is 12.1 Å². The maximum absolute atomic E-state index is 12.3. The van der Waals surface area contributed by atoms with Gasteiger partial charge in [-0.1, -0.05) is 25.4 Å². The lowest BCUT2D eigenvalue weighted by atomic mass is 9.94. The lowest BCUT2D eigenvalue weighted by Gasteiger charge is -2.40. The highest BCUT2D eigenvalue weighted by Crippen LogP contribution is 2.34. The van der Waals surface area contributed by atoms with Crippen LogP contribution in [0.3, 0.4) is 0 Å². The third kappa shape index (κ3) is 3.08. The zero-order valence-electron chi connectivity index (χ0n) is 11.6. The number of carbonyl (C=O) groups excluding carboxylic acids is 1. The lowest BCUT2D eigenvalue weighted by Crippen LogP contribution is -2.45. The van der Waals surface area contributed by atoms with Crippen molar-refractivity contribution in [2.24, 2.45) is 0 Å². The van der Waals surface area contributed by atoms with E-state index in [1.54, 1.807) is 6.20 Å². The van der Waals surface area contributed by atoms with E-state index in [2.05, 4.69) is 23.7 Å². The monoisotopic (exact) mass is 280 g/mol. The molecule has 3 nitrogen and oxygen atoms in total. The molecule has 1 aromatic heterocycles. The molecular weight excluding hydrogens is 260 g/mol. The van der Waals surface area contributed by atoms with Crippen LogP contribution in [0, 0.1) is 0 Å². The van der Waals surface area contributed by atoms with Gasteiger partial charge in [-0.15, -0.1) is 0 Å². The molecule has 0 N–H and O–H groups in total. The topological polar surface area (TPSA) is 33.2 Å². The predicted molar refractivity (Wildman–Crippen MR) is 77.1 cm³/mol. The standard InChI is InChI=1S/C15H21ClN2O/c1-3-12(4-2)18-14(6-5-7-15(18)19)13-9-8-11(16)10-17-13/h8-10,12,14H,3-7H2,1-2H3. The zero-order chi connectivity index (χ0) is 13.8. The minimum atomic E-state index is 0.114. The lowest BCUT2D eigenvalue weighted by molar-refractivity contribution is -0.140. The number of hydrogen-bond donors (Lipinski definition) is 0. The van der Waals surface area contributed by atoms with Crippen LogP contribution in [0.4, 0.5) is 0 Å². The maximum atomic E-state index is 12.3. The van der Waals surface area contributed by atoms with E-state index in [1.165, 1.54) is 0 Å². The smallest absolute Gasteiger partial charge is 0.223 e. The van der Waals surface area contributed by atoms with Gasteiger partial charge in [0.15, 0.2) is 0 Å². The van der Waals surface area contributed by atoms with Crippen molar-refractivity contribution >= 4 is 17.5 Å². The zero-order valence-corrected chi connectivity index (χ0v) is 12.4. The molecule has 1 amide bonds. The summed E-state index contributed by atoms with van der Waals surface area (Å²) in [5.41, 5.74) is 0.962. The molecule has 0 aromatic carbocycles. The summed E-state index contributed by atoms with van der Waals surface area (Å²) in [5.74, 6) is 0.265. The molecule has 4 heteroatoms. The Morgan fingerprint density at radius 3 is 2.74 bits per heavy atom. The van der Waals surface area contributed by atoms with E-state index in [9.17, 15) is 4.79 Å². The summed E-state index contributed by atoms with van der Waals surface area (Å²) in [6.07, 6.45) is 6.27. The molecule has 1 aliphatic heterocycles. The van der Waals surface area contributed by atoms with Gasteiger partial charge in [0.05, 0.1) is 16.8 Å². The molecule has 0 bridgehead atoms. The van der Waals surface area contributed by atoms with Crippen LogP contribution in [0.15, 0.2) is 18.3 Å². The summed E-state index contributed by atoms with van der Waals surface area (Å²) < 4.78 is 0. The van der Waals surface area contributed by atoms with Crippen molar-refractivity contribution in [3.8, 4) is 0 Å². The van der Waals surface area contributed by atoms with E-state index in [0.29, 0.717) is 17.5 Å². The Bertz CT molecular complexity index is 428. The third-order valence-electron chi connectivity index (χ3n) is 3.92. The summed E-state index contributed by atoms with van der Waals surface area (Å²) in [6, 6.07) is 4.23. The number of aromatic nitrogens is 1. The molecule has 0 aliphatic carbocycles. The van der Waals surface area contributed by atoms with E-state index < -0.39 is 0 Å². The van der Waals surface area contributed by atoms with Gasteiger partial charge in [-0.2, -0.15) is 0 Å². The predicted octanol–water partition coefficient (Wildman–Crippen LogP) is 3.98. The van der Waals surface area contributed by atoms with Crippen molar-refractivity contribution in [2.75, 3.05) is 0 Å². The SMILES string of the molecule is CCC(CC)N1C(=O)CCCC1c1ccc(Cl)cn1. The quantitative estimate of drug-likeness (QED) is 0.836. The van der Waals surface area contributed by atoms with E-state index >= 15 is 0 Å². The van der Waals surface area contributed by atoms with Gasteiger partial charge in [-0.25, -0.2) is 0 Å². The maximum Gasteiger partial charge on any atom is 0.223 e. The van der Waals surface area contributed by atoms with Gasteiger partial charge >= 0.3 is 0 Å². The Morgan fingerprint density at radius 1 is 1.42 bits per heavy atom. The Morgan fingerprint density at radius 2 is 2.16 bits per heavy atom. The Kier molecular flexibility index (Phi) is 4.81. The minimum absolute atomic E-state index is 0.114. The number of carbonyl (C=O) groups is 1. The molecule has 19 heavy (non-hydrogen) atoms. The van der Waals surface area contributed by atoms with Crippen LogP contribution >= 0.6 is 11.6 Å². The Balaban J connectivity index is 2.29. The number of hydrogen-bond acceptors (Lipinski definition) is 2. The van der Waals surface area contributed by atoms with Crippen molar-refractivity contribution < 1.29 is 4.79 Å². The normalized spacial score (nSPS) is 20.1. The number of amides is 1. The molecule has 1 fully saturated rings. The molecule has 2 rings (SSSR count). The van der Waals surface area contributed by atoms with Crippen LogP contribution in [0.2, 0.25) is 5.02 Å². The van der Waals surface area contributed by atoms with Crippen LogP contribution in [0.25, 0.3) is 0 Å². The minimum Gasteiger partial charge on any atom is -0.331 e. The first-order valence-electron chi connectivity index (χ1n) is 7.10. The number of likely N-dealkylation sites (tertiary alicyclic amines) is 1. The van der Waals surface area contributed by atoms with Crippen molar-refractivity contribution in [3.63, 3.8) is 0 Å². The first-order chi connectivity index (χ1) is 9.17. The molecule has 104 valence electrons. The Labute approximate surface area is 120 Å². The molecule has 1 atom stereocenters. The Hall–Kier alpha value is -1.09. The van der Waals surface area contributed by atoms with E-state index in [4.69, 9.17) is 11.6 Å². The number of piperidine rings is 1. The second kappa shape index (κ2) is 6.38. The van der Waals surface area contributed by atoms with Gasteiger partial charge in [-0.3, -0.25) is 9.78 Å². The second-order valence-electron chi connectivity index (χ2n) is 5.08. The summed E-state index contributed by atoms with van der Waals surface area (Å²) in [4.78, 5) is 18.7. The largest absolute Gasteiger partial charge is 0.331 e. The van der Waals surface area contributed by atoms with Crippen LogP contribution in [0.1, 0.15) is 57.7 Å². The van der Waals surface area contributed by atoms with Crippen LogP contribution in [0.5, 0.6) is 0 Å². The average molecular weight is 281 g/mol. The highest BCUT2D eigenvalue weighted by molar-refractivity contribution is 6.30. The summed E-state index contributed by atoms with van der Waals surface area (Å²) in [7, 11) is 0. The fourth-order valence-corrected chi connectivity index (χ4v) is 3.02. The number of rotatable bonds is 4. The summed E-state index contributed by atoms with van der Waals surface area (Å²) in [5, 5.41) is 0.639. The highest BCUT2D eigenvalue weighted by atomic mass is 35.5. The fourth-order valence-electron chi connectivity index (χ4n) is 2.90. The van der Waals surface area contributed by atoms with Crippen LogP contribution in [-0.4, -0.2) is 21.8 Å². The van der Waals surface area contributed by atoms with Crippen molar-refractivity contribution in [1.29, 1.82) is 0 Å². The van der Waals surface area contributed by atoms with E-state index in [0.717, 1.165) is 31.4 Å². The molecule has 0 radical (unpaired) electrons. The molecule has 2 heterocycles. The van der Waals surface area contributed by atoms with Crippen molar-refractivity contribution in [1.82, 2.24) is 9.88 Å². The first-order valence-corrected chi connectivity index (χ1v) is 7.47. The van der Waals surface area contributed by atoms with Gasteiger partial charge in [0.1, 0.15) is 0 Å². The third-order valence-corrected chi connectivity index (χ3v) is 4.14. The van der Waals surface area contributed by atoms with Crippen LogP contribution in [-0.2, 0) is 4.79 Å². The molecule has 0 spiro atoms. The summed E-state index contributed by atoms with van der Waals surface area (Å²) >= 11 is 5.89. The first kappa shape index (κ1) is 14.3. The van der Waals surface area contributed by atoms with E-state index in [-0.39, 0.29) is 11.9 Å². The highest BCUT2D eigenvalue weighted by Gasteiger charge is 2.33. The van der Waals surface area contributed by atoms with Gasteiger partial charge in [0, 0.05) is 18.7 Å². The molecule has 1 aliphatic rings. The van der Waals surface area contributed by atoms with Crippen LogP contribution < -0.4 is 0 Å². The number of pyridine rings is 1. The van der Waals surface area contributed by atoms with Crippen molar-refractivity contribution in [2.45, 2.75) is 58.0 Å². The van der Waals surface area contributed by atoms with Gasteiger partial charge in [0.2, 0.25) is 5.91 Å². The fraction of sp³-hybridized carbons (Fsp3) is 0.600. The van der Waals surface area contributed by atoms with Gasteiger partial charge in [0.25, 0.3) is 0 Å². The molecular formula is C15H21ClN2O. The molecule has 1 unspecified atom stereocenters. The van der Waals surface area contributed by atoms with Gasteiger partial charge < -0.3 is 4.90 Å². The second-order valence-corrected chi connectivity index (χ2v) is 5.52. The van der Waals surface area contributed by atoms with Gasteiger partial charge in [-0.05, 0) is 37.8 Å².